The highest BCUT2D eigenvalue weighted by Gasteiger charge is 2.30. The Balaban J connectivity index is 1.68. The molecule has 2 atom stereocenters. The molecular weight excluding hydrogens is 393 g/mol. The number of nitrogens with one attached hydrogen (secondary N) is 1. The van der Waals surface area contributed by atoms with Gasteiger partial charge in [0, 0.05) is 32.3 Å². The van der Waals surface area contributed by atoms with Crippen molar-refractivity contribution in [1.82, 2.24) is 15.1 Å². The zero-order valence-electron chi connectivity index (χ0n) is 19.7. The van der Waals surface area contributed by atoms with Gasteiger partial charge in [-0.3, -0.25) is 9.69 Å². The van der Waals surface area contributed by atoms with Crippen molar-refractivity contribution < 1.29 is 13.9 Å². The number of ether oxygens (including phenoxy) is 1. The normalized spacial score (nSPS) is 23.5. The Morgan fingerprint density at radius 2 is 1.87 bits per heavy atom. The summed E-state index contributed by atoms with van der Waals surface area (Å²) in [7, 11) is 2.07. The summed E-state index contributed by atoms with van der Waals surface area (Å²) in [5.41, 5.74) is 4.03. The quantitative estimate of drug-likeness (QED) is 0.760. The van der Waals surface area contributed by atoms with E-state index >= 15 is 0 Å². The van der Waals surface area contributed by atoms with Crippen LogP contribution in [-0.2, 0) is 9.53 Å². The van der Waals surface area contributed by atoms with Crippen LogP contribution in [0.25, 0.3) is 0 Å². The van der Waals surface area contributed by atoms with Gasteiger partial charge in [0.25, 0.3) is 0 Å². The lowest BCUT2D eigenvalue weighted by atomic mass is 9.91. The zero-order valence-corrected chi connectivity index (χ0v) is 19.7. The van der Waals surface area contributed by atoms with Crippen LogP contribution in [-0.4, -0.2) is 48.6 Å². The van der Waals surface area contributed by atoms with Gasteiger partial charge < -0.3 is 15.0 Å². The van der Waals surface area contributed by atoms with Crippen molar-refractivity contribution in [1.29, 1.82) is 0 Å². The van der Waals surface area contributed by atoms with Gasteiger partial charge in [0.2, 0.25) is 5.91 Å². The zero-order chi connectivity index (χ0) is 22.8. The molecule has 1 N–H and O–H groups in total. The van der Waals surface area contributed by atoms with E-state index in [1.807, 2.05) is 12.1 Å². The van der Waals surface area contributed by atoms with Crippen molar-refractivity contribution >= 4 is 5.91 Å². The van der Waals surface area contributed by atoms with E-state index in [4.69, 9.17) is 4.74 Å². The van der Waals surface area contributed by atoms with Gasteiger partial charge in [-0.25, -0.2) is 4.39 Å². The molecule has 2 aliphatic rings. The molecule has 0 saturated carbocycles. The van der Waals surface area contributed by atoms with Gasteiger partial charge in [-0.2, -0.15) is 0 Å². The third kappa shape index (κ3) is 5.95. The Kier molecular flexibility index (Phi) is 7.22. The predicted molar refractivity (Wildman–Crippen MR) is 122 cm³/mol. The number of nitrogens with zero attached hydrogens (tertiary/aromatic N) is 2. The molecule has 1 saturated heterocycles. The van der Waals surface area contributed by atoms with Crippen LogP contribution in [0.4, 0.5) is 4.39 Å². The lowest BCUT2D eigenvalue weighted by Crippen LogP contribution is -2.48. The molecule has 1 unspecified atom stereocenters. The van der Waals surface area contributed by atoms with E-state index in [2.05, 4.69) is 62.9 Å². The number of carbonyl (C=O) groups is 1. The SMILES string of the molecule is CC1=CC(N2CCO[C@@H](c3ccc(F)cc3)CC2)N(C)C(C)=C1NC(=O)CC(C)(C)C. The summed E-state index contributed by atoms with van der Waals surface area (Å²) in [6.07, 6.45) is 3.64. The first-order chi connectivity index (χ1) is 14.5. The molecule has 1 fully saturated rings. The number of hydrogen-bond donors (Lipinski definition) is 1. The molecule has 1 amide bonds. The maximum absolute atomic E-state index is 13.3. The maximum Gasteiger partial charge on any atom is 0.224 e. The van der Waals surface area contributed by atoms with Gasteiger partial charge >= 0.3 is 0 Å². The molecule has 0 aliphatic carbocycles. The second kappa shape index (κ2) is 9.53. The van der Waals surface area contributed by atoms with E-state index < -0.39 is 0 Å². The average molecular weight is 430 g/mol. The minimum absolute atomic E-state index is 0.0199. The number of amides is 1. The molecule has 5 nitrogen and oxygen atoms in total. The minimum atomic E-state index is -0.226. The smallest absolute Gasteiger partial charge is 0.224 e. The third-order valence-electron chi connectivity index (χ3n) is 6.03. The molecule has 2 heterocycles. The summed E-state index contributed by atoms with van der Waals surface area (Å²) in [6, 6.07) is 6.61. The number of hydrogen-bond acceptors (Lipinski definition) is 4. The molecule has 1 aromatic carbocycles. The van der Waals surface area contributed by atoms with Crippen LogP contribution < -0.4 is 5.32 Å². The van der Waals surface area contributed by atoms with Crippen molar-refractivity contribution in [2.24, 2.45) is 5.41 Å². The predicted octanol–water partition coefficient (Wildman–Crippen LogP) is 4.59. The number of benzene rings is 1. The standard InChI is InChI=1S/C25H36FN3O2/c1-17-15-23(28(6)18(2)24(17)27-22(30)16-25(3,4)5)29-12-11-21(31-14-13-29)19-7-9-20(26)10-8-19/h7-10,15,21,23H,11-14,16H2,1-6H3,(H,27,30)/t21-,23?/m1/s1. The number of allylic oxidation sites excluding steroid dienone is 2. The van der Waals surface area contributed by atoms with Gasteiger partial charge in [0.15, 0.2) is 0 Å². The largest absolute Gasteiger partial charge is 0.372 e. The van der Waals surface area contributed by atoms with Gasteiger partial charge in [0.05, 0.1) is 18.4 Å². The van der Waals surface area contributed by atoms with Crippen LogP contribution in [0, 0.1) is 11.2 Å². The monoisotopic (exact) mass is 429 g/mol. The highest BCUT2D eigenvalue weighted by atomic mass is 19.1. The second-order valence-electron chi connectivity index (χ2n) is 9.86. The summed E-state index contributed by atoms with van der Waals surface area (Å²) in [5, 5.41) is 3.13. The second-order valence-corrected chi connectivity index (χ2v) is 9.86. The molecule has 0 aromatic heterocycles. The Hall–Kier alpha value is -2.18. The molecule has 2 aliphatic heterocycles. The van der Waals surface area contributed by atoms with Crippen LogP contribution >= 0.6 is 0 Å². The highest BCUT2D eigenvalue weighted by Crippen LogP contribution is 2.30. The Bertz CT molecular complexity index is 855. The third-order valence-corrected chi connectivity index (χ3v) is 6.03. The van der Waals surface area contributed by atoms with E-state index in [9.17, 15) is 9.18 Å². The van der Waals surface area contributed by atoms with Crippen molar-refractivity contribution in [3.63, 3.8) is 0 Å². The van der Waals surface area contributed by atoms with Gasteiger partial charge in [-0.15, -0.1) is 0 Å². The fourth-order valence-corrected chi connectivity index (χ4v) is 4.28. The first kappa shape index (κ1) is 23.5. The Morgan fingerprint density at radius 1 is 1.19 bits per heavy atom. The van der Waals surface area contributed by atoms with Gasteiger partial charge in [-0.1, -0.05) is 32.9 Å². The fourth-order valence-electron chi connectivity index (χ4n) is 4.28. The molecule has 3 rings (SSSR count). The summed E-state index contributed by atoms with van der Waals surface area (Å²) in [6.45, 7) is 12.6. The first-order valence-electron chi connectivity index (χ1n) is 11.1. The van der Waals surface area contributed by atoms with Crippen LogP contribution in [0.5, 0.6) is 0 Å². The molecule has 31 heavy (non-hydrogen) atoms. The molecule has 0 spiro atoms. The highest BCUT2D eigenvalue weighted by molar-refractivity contribution is 5.79. The van der Waals surface area contributed by atoms with E-state index in [1.165, 1.54) is 12.1 Å². The number of likely N-dealkylation sites (N-methyl/N-ethyl adjacent to an activating group) is 1. The molecular formula is C25H36FN3O2. The van der Waals surface area contributed by atoms with Gasteiger partial charge in [0.1, 0.15) is 12.0 Å². The van der Waals surface area contributed by atoms with Crippen LogP contribution in [0.15, 0.2) is 47.3 Å². The summed E-state index contributed by atoms with van der Waals surface area (Å²) < 4.78 is 19.3. The fraction of sp³-hybridized carbons (Fsp3) is 0.560. The summed E-state index contributed by atoms with van der Waals surface area (Å²) in [5.74, 6) is -0.178. The van der Waals surface area contributed by atoms with Crippen molar-refractivity contribution in [2.75, 3.05) is 26.7 Å². The Morgan fingerprint density at radius 3 is 2.52 bits per heavy atom. The molecule has 0 radical (unpaired) electrons. The molecule has 6 heteroatoms. The summed E-state index contributed by atoms with van der Waals surface area (Å²) >= 11 is 0. The van der Waals surface area contributed by atoms with E-state index in [0.717, 1.165) is 42.0 Å². The lowest BCUT2D eigenvalue weighted by Gasteiger charge is -2.41. The minimum Gasteiger partial charge on any atom is -0.372 e. The summed E-state index contributed by atoms with van der Waals surface area (Å²) in [4.78, 5) is 17.1. The van der Waals surface area contributed by atoms with Crippen molar-refractivity contribution in [3.8, 4) is 0 Å². The molecule has 170 valence electrons. The van der Waals surface area contributed by atoms with Crippen LogP contribution in [0.3, 0.4) is 0 Å². The van der Waals surface area contributed by atoms with Crippen LogP contribution in [0.1, 0.15) is 59.1 Å². The van der Waals surface area contributed by atoms with E-state index in [0.29, 0.717) is 13.0 Å². The number of carbonyl (C=O) groups excluding carboxylic acids is 1. The van der Waals surface area contributed by atoms with Crippen molar-refractivity contribution in [2.45, 2.75) is 59.7 Å². The van der Waals surface area contributed by atoms with Crippen LogP contribution in [0.2, 0.25) is 0 Å². The number of halogens is 1. The van der Waals surface area contributed by atoms with E-state index in [-0.39, 0.29) is 29.4 Å². The molecule has 1 aromatic rings. The number of rotatable bonds is 4. The lowest BCUT2D eigenvalue weighted by molar-refractivity contribution is -0.122. The molecule has 0 bridgehead atoms. The Labute approximate surface area is 185 Å². The topological polar surface area (TPSA) is 44.8 Å². The van der Waals surface area contributed by atoms with Crippen molar-refractivity contribution in [3.05, 3.63) is 58.7 Å². The van der Waals surface area contributed by atoms with Gasteiger partial charge in [-0.05, 0) is 55.0 Å². The average Bonchev–Trinajstić information content (AvgIpc) is 2.93. The maximum atomic E-state index is 13.3. The first-order valence-corrected chi connectivity index (χ1v) is 11.1. The van der Waals surface area contributed by atoms with E-state index in [1.54, 1.807) is 0 Å².